The van der Waals surface area contributed by atoms with Crippen LogP contribution in [0, 0.1) is 5.92 Å². The Labute approximate surface area is 164 Å². The number of likely N-dealkylation sites (tertiary alicyclic amines) is 1. The lowest BCUT2D eigenvalue weighted by atomic mass is 10.0. The smallest absolute Gasteiger partial charge is 0.243 e. The summed E-state index contributed by atoms with van der Waals surface area (Å²) in [5, 5.41) is 6.62. The van der Waals surface area contributed by atoms with Crippen molar-refractivity contribution in [2.24, 2.45) is 5.92 Å². The minimum atomic E-state index is -0.616. The standard InChI is InChI=1S/C19H25Cl2N3O2/c20-16-4-3-14(9-17(16)21)10-18(22-12-25)19(26)23-15-5-7-24(8-6-15)11-13-1-2-13/h3-4,9,12-13,15,18H,1-2,5-8,10-11H2,(H,22,25)(H,23,26)/t18-/m0/s1. The third kappa shape index (κ3) is 5.60. The molecule has 142 valence electrons. The van der Waals surface area contributed by atoms with Crippen LogP contribution in [-0.2, 0) is 16.0 Å². The summed E-state index contributed by atoms with van der Waals surface area (Å²) in [6.07, 6.45) is 5.59. The summed E-state index contributed by atoms with van der Waals surface area (Å²) in [6, 6.07) is 4.80. The average Bonchev–Trinajstić information content (AvgIpc) is 3.43. The Kier molecular flexibility index (Phi) is 6.79. The monoisotopic (exact) mass is 397 g/mol. The van der Waals surface area contributed by atoms with Gasteiger partial charge in [-0.15, -0.1) is 0 Å². The molecule has 1 aliphatic heterocycles. The van der Waals surface area contributed by atoms with Crippen LogP contribution in [0.25, 0.3) is 0 Å². The van der Waals surface area contributed by atoms with Gasteiger partial charge in [0.2, 0.25) is 12.3 Å². The van der Waals surface area contributed by atoms with E-state index in [2.05, 4.69) is 15.5 Å². The zero-order valence-corrected chi connectivity index (χ0v) is 16.2. The van der Waals surface area contributed by atoms with Crippen LogP contribution in [0.2, 0.25) is 10.0 Å². The first kappa shape index (κ1) is 19.5. The molecule has 3 rings (SSSR count). The zero-order chi connectivity index (χ0) is 18.5. The highest BCUT2D eigenvalue weighted by molar-refractivity contribution is 6.42. The fourth-order valence-corrected chi connectivity index (χ4v) is 3.76. The van der Waals surface area contributed by atoms with Crippen molar-refractivity contribution in [3.63, 3.8) is 0 Å². The molecule has 2 amide bonds. The second-order valence-electron chi connectivity index (χ2n) is 7.32. The van der Waals surface area contributed by atoms with Crippen LogP contribution >= 0.6 is 23.2 Å². The number of nitrogens with one attached hydrogen (secondary N) is 2. The summed E-state index contributed by atoms with van der Waals surface area (Å²) >= 11 is 12.0. The second-order valence-corrected chi connectivity index (χ2v) is 8.13. The molecule has 1 heterocycles. The summed E-state index contributed by atoms with van der Waals surface area (Å²) in [7, 11) is 0. The largest absolute Gasteiger partial charge is 0.351 e. The maximum atomic E-state index is 12.6. The SMILES string of the molecule is O=CN[C@@H](Cc1ccc(Cl)c(Cl)c1)C(=O)NC1CCN(CC2CC2)CC1. The Morgan fingerprint density at radius 2 is 1.92 bits per heavy atom. The number of hydrogen-bond acceptors (Lipinski definition) is 3. The topological polar surface area (TPSA) is 61.4 Å². The van der Waals surface area contributed by atoms with Gasteiger partial charge in [-0.1, -0.05) is 29.3 Å². The van der Waals surface area contributed by atoms with E-state index in [-0.39, 0.29) is 11.9 Å². The van der Waals surface area contributed by atoms with Gasteiger partial charge in [-0.3, -0.25) is 9.59 Å². The van der Waals surface area contributed by atoms with Gasteiger partial charge in [-0.25, -0.2) is 0 Å². The predicted molar refractivity (Wildman–Crippen MR) is 103 cm³/mol. The van der Waals surface area contributed by atoms with Gasteiger partial charge < -0.3 is 15.5 Å². The molecule has 0 unspecified atom stereocenters. The minimum Gasteiger partial charge on any atom is -0.351 e. The van der Waals surface area contributed by atoms with Crippen molar-refractivity contribution < 1.29 is 9.59 Å². The summed E-state index contributed by atoms with van der Waals surface area (Å²) < 4.78 is 0. The number of piperidine rings is 1. The highest BCUT2D eigenvalue weighted by Crippen LogP contribution is 2.30. The second kappa shape index (κ2) is 9.07. The van der Waals surface area contributed by atoms with Gasteiger partial charge in [0.15, 0.2) is 0 Å². The van der Waals surface area contributed by atoms with Crippen LogP contribution in [0.3, 0.4) is 0 Å². The maximum absolute atomic E-state index is 12.6. The lowest BCUT2D eigenvalue weighted by Crippen LogP contribution is -2.51. The van der Waals surface area contributed by atoms with E-state index in [0.717, 1.165) is 37.4 Å². The molecule has 1 aromatic carbocycles. The number of carbonyl (C=O) groups excluding carboxylic acids is 2. The van der Waals surface area contributed by atoms with Crippen molar-refractivity contribution in [2.45, 2.75) is 44.2 Å². The van der Waals surface area contributed by atoms with Crippen LogP contribution in [-0.4, -0.2) is 48.9 Å². The number of halogens is 2. The molecular weight excluding hydrogens is 373 g/mol. The third-order valence-electron chi connectivity index (χ3n) is 5.16. The molecule has 1 saturated heterocycles. The molecule has 26 heavy (non-hydrogen) atoms. The fraction of sp³-hybridized carbons (Fsp3) is 0.579. The molecule has 1 aliphatic carbocycles. The molecule has 2 aliphatic rings. The van der Waals surface area contributed by atoms with Gasteiger partial charge in [0, 0.05) is 32.1 Å². The highest BCUT2D eigenvalue weighted by atomic mass is 35.5. The van der Waals surface area contributed by atoms with E-state index >= 15 is 0 Å². The lowest BCUT2D eigenvalue weighted by molar-refractivity contribution is -0.126. The van der Waals surface area contributed by atoms with Gasteiger partial charge in [0.1, 0.15) is 6.04 Å². The van der Waals surface area contributed by atoms with Crippen molar-refractivity contribution in [3.05, 3.63) is 33.8 Å². The van der Waals surface area contributed by atoms with Gasteiger partial charge in [-0.2, -0.15) is 0 Å². The Bertz CT molecular complexity index is 644. The minimum absolute atomic E-state index is 0.149. The molecular formula is C19H25Cl2N3O2. The Hall–Kier alpha value is -1.30. The molecule has 2 N–H and O–H groups in total. The van der Waals surface area contributed by atoms with Crippen LogP contribution in [0.5, 0.6) is 0 Å². The van der Waals surface area contributed by atoms with Crippen molar-refractivity contribution in [1.82, 2.24) is 15.5 Å². The fourth-order valence-electron chi connectivity index (χ4n) is 3.44. The molecule has 0 bridgehead atoms. The van der Waals surface area contributed by atoms with Crippen molar-refractivity contribution in [2.75, 3.05) is 19.6 Å². The normalized spacial score (nSPS) is 19.8. The Morgan fingerprint density at radius 1 is 1.19 bits per heavy atom. The predicted octanol–water partition coefficient (Wildman–Crippen LogP) is 2.64. The van der Waals surface area contributed by atoms with Crippen LogP contribution in [0.4, 0.5) is 0 Å². The molecule has 0 spiro atoms. The highest BCUT2D eigenvalue weighted by Gasteiger charge is 2.28. The molecule has 7 heteroatoms. The van der Waals surface area contributed by atoms with Crippen LogP contribution in [0.1, 0.15) is 31.2 Å². The van der Waals surface area contributed by atoms with Crippen molar-refractivity contribution >= 4 is 35.5 Å². The summed E-state index contributed by atoms with van der Waals surface area (Å²) in [6.45, 7) is 3.26. The van der Waals surface area contributed by atoms with Crippen LogP contribution in [0.15, 0.2) is 18.2 Å². The first-order valence-corrected chi connectivity index (χ1v) is 9.97. The Balaban J connectivity index is 1.51. The van der Waals surface area contributed by atoms with Gasteiger partial charge in [-0.05, 0) is 49.3 Å². The summed E-state index contributed by atoms with van der Waals surface area (Å²) in [5.74, 6) is 0.748. The van der Waals surface area contributed by atoms with E-state index in [1.807, 2.05) is 6.07 Å². The molecule has 1 aromatic rings. The number of amides is 2. The average molecular weight is 398 g/mol. The van der Waals surface area contributed by atoms with Crippen LogP contribution < -0.4 is 10.6 Å². The first-order chi connectivity index (χ1) is 12.5. The van der Waals surface area contributed by atoms with E-state index < -0.39 is 6.04 Å². The van der Waals surface area contributed by atoms with E-state index in [1.54, 1.807) is 12.1 Å². The third-order valence-corrected chi connectivity index (χ3v) is 5.90. The van der Waals surface area contributed by atoms with Crippen molar-refractivity contribution in [3.8, 4) is 0 Å². The maximum Gasteiger partial charge on any atom is 0.243 e. The zero-order valence-electron chi connectivity index (χ0n) is 14.7. The lowest BCUT2D eigenvalue weighted by Gasteiger charge is -2.33. The van der Waals surface area contributed by atoms with E-state index in [9.17, 15) is 9.59 Å². The van der Waals surface area contributed by atoms with Gasteiger partial charge in [0.25, 0.3) is 0 Å². The summed E-state index contributed by atoms with van der Waals surface area (Å²) in [4.78, 5) is 26.0. The van der Waals surface area contributed by atoms with Crippen molar-refractivity contribution in [1.29, 1.82) is 0 Å². The number of hydrogen-bond donors (Lipinski definition) is 2. The van der Waals surface area contributed by atoms with E-state index in [1.165, 1.54) is 19.4 Å². The number of rotatable bonds is 8. The van der Waals surface area contributed by atoms with E-state index in [4.69, 9.17) is 23.2 Å². The van der Waals surface area contributed by atoms with Gasteiger partial charge >= 0.3 is 0 Å². The summed E-state index contributed by atoms with van der Waals surface area (Å²) in [5.41, 5.74) is 0.855. The molecule has 0 aromatic heterocycles. The molecule has 1 atom stereocenters. The Morgan fingerprint density at radius 3 is 2.54 bits per heavy atom. The molecule has 0 radical (unpaired) electrons. The van der Waals surface area contributed by atoms with E-state index in [0.29, 0.717) is 22.9 Å². The molecule has 5 nitrogen and oxygen atoms in total. The molecule has 1 saturated carbocycles. The number of nitrogens with zero attached hydrogens (tertiary/aromatic N) is 1. The molecule has 2 fully saturated rings. The first-order valence-electron chi connectivity index (χ1n) is 9.21. The van der Waals surface area contributed by atoms with Gasteiger partial charge in [0.05, 0.1) is 10.0 Å². The number of benzene rings is 1. The number of carbonyl (C=O) groups is 2. The quantitative estimate of drug-likeness (QED) is 0.662.